The van der Waals surface area contributed by atoms with E-state index < -0.39 is 0 Å². The average Bonchev–Trinajstić information content (AvgIpc) is 2.90. The topological polar surface area (TPSA) is 107 Å². The highest BCUT2D eigenvalue weighted by Gasteiger charge is 2.13. The van der Waals surface area contributed by atoms with Gasteiger partial charge in [0.05, 0.1) is 12.2 Å². The Labute approximate surface area is 142 Å². The van der Waals surface area contributed by atoms with Gasteiger partial charge in [-0.25, -0.2) is 9.97 Å². The molecular weight excluding hydrogens is 306 g/mol. The Bertz CT molecular complexity index is 694. The zero-order valence-corrected chi connectivity index (χ0v) is 14.7. The van der Waals surface area contributed by atoms with Crippen molar-refractivity contribution in [3.8, 4) is 0 Å². The first kappa shape index (κ1) is 17.9. The van der Waals surface area contributed by atoms with Gasteiger partial charge in [0.25, 0.3) is 5.91 Å². The molecule has 0 radical (unpaired) electrons. The van der Waals surface area contributed by atoms with E-state index in [1.807, 2.05) is 6.07 Å². The Kier molecular flexibility index (Phi) is 5.89. The summed E-state index contributed by atoms with van der Waals surface area (Å²) in [5, 5.41) is 6.77. The van der Waals surface area contributed by atoms with Gasteiger partial charge in [0, 0.05) is 11.8 Å². The standard InChI is InChI=1S/C17H25N5O2/c1-10(2)5-12-8-15(21-17(18)20-12)16(23)19-9-14-7-13(22-24-14)6-11(3)4/h7-8,10-11H,5-6,9H2,1-4H3,(H,19,23)(H2,18,20,21). The number of carbonyl (C=O) groups excluding carboxylic acids is 1. The molecular formula is C17H25N5O2. The first-order valence-electron chi connectivity index (χ1n) is 8.19. The Balaban J connectivity index is 1.99. The number of rotatable bonds is 7. The third kappa shape index (κ3) is 5.33. The first-order valence-corrected chi connectivity index (χ1v) is 8.19. The fraction of sp³-hybridized carbons (Fsp3) is 0.529. The van der Waals surface area contributed by atoms with Crippen LogP contribution in [0.2, 0.25) is 0 Å². The van der Waals surface area contributed by atoms with E-state index in [1.165, 1.54) is 0 Å². The van der Waals surface area contributed by atoms with Crippen molar-refractivity contribution >= 4 is 11.9 Å². The number of anilines is 1. The lowest BCUT2D eigenvalue weighted by Gasteiger charge is -2.07. The number of nitrogens with zero attached hydrogens (tertiary/aromatic N) is 3. The van der Waals surface area contributed by atoms with Crippen LogP contribution in [-0.2, 0) is 19.4 Å². The van der Waals surface area contributed by atoms with E-state index in [4.69, 9.17) is 10.3 Å². The fourth-order valence-electron chi connectivity index (χ4n) is 2.37. The summed E-state index contributed by atoms with van der Waals surface area (Å²) in [6.45, 7) is 8.65. The minimum absolute atomic E-state index is 0.109. The molecule has 2 aromatic heterocycles. The number of aromatic nitrogens is 3. The van der Waals surface area contributed by atoms with Gasteiger partial charge < -0.3 is 15.6 Å². The van der Waals surface area contributed by atoms with E-state index in [2.05, 4.69) is 48.1 Å². The molecule has 7 nitrogen and oxygen atoms in total. The maximum absolute atomic E-state index is 12.3. The molecule has 0 aliphatic carbocycles. The van der Waals surface area contributed by atoms with Gasteiger partial charge in [-0.05, 0) is 30.7 Å². The van der Waals surface area contributed by atoms with Crippen molar-refractivity contribution in [3.63, 3.8) is 0 Å². The second-order valence-corrected chi connectivity index (χ2v) is 6.77. The molecule has 0 spiro atoms. The van der Waals surface area contributed by atoms with Crippen LogP contribution in [0.15, 0.2) is 16.7 Å². The average molecular weight is 331 g/mol. The van der Waals surface area contributed by atoms with Crippen LogP contribution in [-0.4, -0.2) is 21.0 Å². The number of nitrogens with two attached hydrogens (primary N) is 1. The van der Waals surface area contributed by atoms with Crippen molar-refractivity contribution in [2.75, 3.05) is 5.73 Å². The van der Waals surface area contributed by atoms with Crippen molar-refractivity contribution in [1.82, 2.24) is 20.4 Å². The van der Waals surface area contributed by atoms with Gasteiger partial charge in [0.2, 0.25) is 5.95 Å². The van der Waals surface area contributed by atoms with Crippen molar-refractivity contribution in [3.05, 3.63) is 35.0 Å². The van der Waals surface area contributed by atoms with Crippen LogP contribution in [0.5, 0.6) is 0 Å². The van der Waals surface area contributed by atoms with Crippen LogP contribution in [0.4, 0.5) is 5.95 Å². The van der Waals surface area contributed by atoms with Gasteiger partial charge >= 0.3 is 0 Å². The van der Waals surface area contributed by atoms with E-state index in [9.17, 15) is 4.79 Å². The molecule has 2 aromatic rings. The van der Waals surface area contributed by atoms with Crippen LogP contribution in [0.1, 0.15) is 55.3 Å². The van der Waals surface area contributed by atoms with Crippen molar-refractivity contribution in [2.45, 2.75) is 47.1 Å². The quantitative estimate of drug-likeness (QED) is 0.806. The van der Waals surface area contributed by atoms with Gasteiger partial charge in [-0.15, -0.1) is 0 Å². The molecule has 0 aliphatic rings. The van der Waals surface area contributed by atoms with Crippen molar-refractivity contribution in [1.29, 1.82) is 0 Å². The van der Waals surface area contributed by atoms with Crippen molar-refractivity contribution in [2.24, 2.45) is 11.8 Å². The van der Waals surface area contributed by atoms with Crippen LogP contribution in [0.25, 0.3) is 0 Å². The summed E-state index contributed by atoms with van der Waals surface area (Å²) in [5.41, 5.74) is 7.62. The molecule has 3 N–H and O–H groups in total. The van der Waals surface area contributed by atoms with E-state index in [1.54, 1.807) is 6.07 Å². The lowest BCUT2D eigenvalue weighted by molar-refractivity contribution is 0.0942. The molecule has 2 rings (SSSR count). The molecule has 130 valence electrons. The zero-order valence-electron chi connectivity index (χ0n) is 14.7. The molecule has 0 fully saturated rings. The maximum atomic E-state index is 12.3. The molecule has 1 amide bonds. The molecule has 0 aliphatic heterocycles. The molecule has 0 aromatic carbocycles. The van der Waals surface area contributed by atoms with Crippen LogP contribution in [0.3, 0.4) is 0 Å². The number of hydrogen-bond donors (Lipinski definition) is 2. The normalized spacial score (nSPS) is 11.2. The monoisotopic (exact) mass is 331 g/mol. The Morgan fingerprint density at radius 3 is 2.46 bits per heavy atom. The van der Waals surface area contributed by atoms with E-state index in [0.29, 0.717) is 17.6 Å². The fourth-order valence-corrected chi connectivity index (χ4v) is 2.37. The first-order chi connectivity index (χ1) is 11.3. The molecule has 0 bridgehead atoms. The van der Waals surface area contributed by atoms with Gasteiger partial charge in [0.1, 0.15) is 5.69 Å². The molecule has 2 heterocycles. The predicted molar refractivity (Wildman–Crippen MR) is 91.2 cm³/mol. The highest BCUT2D eigenvalue weighted by Crippen LogP contribution is 2.11. The SMILES string of the molecule is CC(C)Cc1cc(CNC(=O)c2cc(CC(C)C)nc(N)n2)on1. The van der Waals surface area contributed by atoms with Crippen LogP contribution in [0, 0.1) is 11.8 Å². The minimum atomic E-state index is -0.309. The van der Waals surface area contributed by atoms with Crippen LogP contribution >= 0.6 is 0 Å². The molecule has 0 atom stereocenters. The third-order valence-corrected chi connectivity index (χ3v) is 3.29. The minimum Gasteiger partial charge on any atom is -0.368 e. The summed E-state index contributed by atoms with van der Waals surface area (Å²) in [7, 11) is 0. The summed E-state index contributed by atoms with van der Waals surface area (Å²) in [4.78, 5) is 20.4. The van der Waals surface area contributed by atoms with Crippen molar-refractivity contribution < 1.29 is 9.32 Å². The molecule has 0 unspecified atom stereocenters. The highest BCUT2D eigenvalue weighted by atomic mass is 16.5. The summed E-state index contributed by atoms with van der Waals surface area (Å²) >= 11 is 0. The summed E-state index contributed by atoms with van der Waals surface area (Å²) in [6.07, 6.45) is 1.59. The predicted octanol–water partition coefficient (Wildman–Crippen LogP) is 2.37. The van der Waals surface area contributed by atoms with Gasteiger partial charge in [-0.1, -0.05) is 32.9 Å². The van der Waals surface area contributed by atoms with Gasteiger partial charge in [-0.2, -0.15) is 0 Å². The van der Waals surface area contributed by atoms with E-state index >= 15 is 0 Å². The Morgan fingerprint density at radius 2 is 1.79 bits per heavy atom. The summed E-state index contributed by atoms with van der Waals surface area (Å²) < 4.78 is 5.23. The molecule has 0 saturated carbocycles. The summed E-state index contributed by atoms with van der Waals surface area (Å²) in [6, 6.07) is 3.54. The van der Waals surface area contributed by atoms with E-state index in [-0.39, 0.29) is 24.1 Å². The highest BCUT2D eigenvalue weighted by molar-refractivity contribution is 5.92. The molecule has 7 heteroatoms. The maximum Gasteiger partial charge on any atom is 0.270 e. The lowest BCUT2D eigenvalue weighted by atomic mass is 10.1. The number of nitrogens with one attached hydrogen (secondary N) is 1. The number of amides is 1. The zero-order chi connectivity index (χ0) is 17.7. The smallest absolute Gasteiger partial charge is 0.270 e. The molecule has 0 saturated heterocycles. The Hall–Kier alpha value is -2.44. The largest absolute Gasteiger partial charge is 0.368 e. The number of nitrogen functional groups attached to an aromatic ring is 1. The third-order valence-electron chi connectivity index (χ3n) is 3.29. The second kappa shape index (κ2) is 7.90. The number of carbonyl (C=O) groups is 1. The number of hydrogen-bond acceptors (Lipinski definition) is 6. The summed E-state index contributed by atoms with van der Waals surface area (Å²) in [5.74, 6) is 1.33. The van der Waals surface area contributed by atoms with E-state index in [0.717, 1.165) is 24.2 Å². The van der Waals surface area contributed by atoms with Gasteiger partial charge in [-0.3, -0.25) is 4.79 Å². The Morgan fingerprint density at radius 1 is 1.12 bits per heavy atom. The second-order valence-electron chi connectivity index (χ2n) is 6.77. The molecule has 24 heavy (non-hydrogen) atoms. The lowest BCUT2D eigenvalue weighted by Crippen LogP contribution is -2.24. The van der Waals surface area contributed by atoms with Gasteiger partial charge in [0.15, 0.2) is 5.76 Å². The van der Waals surface area contributed by atoms with Crippen LogP contribution < -0.4 is 11.1 Å².